The molecule has 4 aromatic rings. The Morgan fingerprint density at radius 1 is 1.13 bits per heavy atom. The van der Waals surface area contributed by atoms with E-state index in [1.807, 2.05) is 0 Å². The van der Waals surface area contributed by atoms with Gasteiger partial charge in [-0.1, -0.05) is 12.1 Å². The first kappa shape index (κ1) is 26.5. The van der Waals surface area contributed by atoms with Gasteiger partial charge in [0.1, 0.15) is 18.2 Å². The van der Waals surface area contributed by atoms with Crippen molar-refractivity contribution in [2.45, 2.75) is 24.2 Å². The molecule has 13 heteroatoms. The highest BCUT2D eigenvalue weighted by Crippen LogP contribution is 2.35. The van der Waals surface area contributed by atoms with E-state index in [-0.39, 0.29) is 17.3 Å². The third kappa shape index (κ3) is 5.54. The van der Waals surface area contributed by atoms with E-state index in [4.69, 9.17) is 9.47 Å². The van der Waals surface area contributed by atoms with E-state index in [2.05, 4.69) is 15.3 Å². The van der Waals surface area contributed by atoms with Crippen LogP contribution in [-0.4, -0.2) is 48.0 Å². The maximum Gasteiger partial charge on any atom is 0.417 e. The van der Waals surface area contributed by atoms with E-state index in [0.29, 0.717) is 41.9 Å². The van der Waals surface area contributed by atoms with Crippen LogP contribution in [0.2, 0.25) is 0 Å². The number of pyridine rings is 1. The molecule has 0 saturated carbocycles. The molecule has 39 heavy (non-hydrogen) atoms. The Kier molecular flexibility index (Phi) is 6.95. The van der Waals surface area contributed by atoms with Crippen molar-refractivity contribution in [3.63, 3.8) is 0 Å². The van der Waals surface area contributed by atoms with Gasteiger partial charge in [0.2, 0.25) is 10.0 Å². The molecular formula is C26H24F3N5O4S. The zero-order chi connectivity index (χ0) is 27.8. The molecule has 204 valence electrons. The summed E-state index contributed by atoms with van der Waals surface area (Å²) in [5.74, 6) is 0.815. The number of benzene rings is 2. The lowest BCUT2D eigenvalue weighted by atomic mass is 10.1. The van der Waals surface area contributed by atoms with Gasteiger partial charge in [0.05, 0.1) is 29.8 Å². The minimum Gasteiger partial charge on any atom is -0.497 e. The van der Waals surface area contributed by atoms with Crippen LogP contribution >= 0.6 is 0 Å². The molecule has 1 aliphatic heterocycles. The molecule has 5 rings (SSSR count). The minimum absolute atomic E-state index is 0.0218. The number of methoxy groups -OCH3 is 1. The van der Waals surface area contributed by atoms with Gasteiger partial charge < -0.3 is 14.8 Å². The van der Waals surface area contributed by atoms with E-state index in [1.54, 1.807) is 42.1 Å². The quantitative estimate of drug-likeness (QED) is 0.327. The number of alkyl halides is 3. The molecule has 1 N–H and O–H groups in total. The Hall–Kier alpha value is -4.10. The molecule has 0 unspecified atom stereocenters. The Labute approximate surface area is 222 Å². The number of nitrogens with one attached hydrogen (secondary N) is 1. The van der Waals surface area contributed by atoms with Crippen molar-refractivity contribution in [2.75, 3.05) is 26.1 Å². The smallest absolute Gasteiger partial charge is 0.417 e. The molecule has 9 nitrogen and oxygen atoms in total. The fourth-order valence-electron chi connectivity index (χ4n) is 4.07. The lowest BCUT2D eigenvalue weighted by Crippen LogP contribution is -2.26. The predicted octanol–water partition coefficient (Wildman–Crippen LogP) is 4.93. The number of nitrogens with zero attached hydrogens (tertiary/aromatic N) is 4. The summed E-state index contributed by atoms with van der Waals surface area (Å²) in [7, 11) is -0.888. The van der Waals surface area contributed by atoms with Crippen molar-refractivity contribution in [3.05, 3.63) is 78.1 Å². The van der Waals surface area contributed by atoms with Gasteiger partial charge in [-0.25, -0.2) is 13.4 Å². The lowest BCUT2D eigenvalue weighted by molar-refractivity contribution is -0.137. The first-order valence-electron chi connectivity index (χ1n) is 11.8. The summed E-state index contributed by atoms with van der Waals surface area (Å²) in [6, 6.07) is 14.0. The van der Waals surface area contributed by atoms with Crippen LogP contribution in [0.3, 0.4) is 0 Å². The number of hydrogen-bond donors (Lipinski definition) is 1. The van der Waals surface area contributed by atoms with E-state index in [9.17, 15) is 21.6 Å². The Bertz CT molecular complexity index is 1570. The molecule has 0 atom stereocenters. The van der Waals surface area contributed by atoms with Crippen LogP contribution in [0.4, 0.5) is 24.7 Å². The Balaban J connectivity index is 1.48. The first-order chi connectivity index (χ1) is 18.5. The van der Waals surface area contributed by atoms with Gasteiger partial charge >= 0.3 is 6.18 Å². The summed E-state index contributed by atoms with van der Waals surface area (Å²) < 4.78 is 79.5. The van der Waals surface area contributed by atoms with Crippen LogP contribution in [-0.2, 0) is 29.3 Å². The predicted molar refractivity (Wildman–Crippen MR) is 137 cm³/mol. The van der Waals surface area contributed by atoms with Gasteiger partial charge in [0, 0.05) is 37.2 Å². The SMILES string of the molecule is COc1ccc(CN(C)S(=O)(=O)c2ccc(Nc3ccc(C(F)(F)F)cn3)c(-c3cn4c(n3)OCC4)c2)cc1. The second-order valence-corrected chi connectivity index (χ2v) is 10.9. The topological polar surface area (TPSA) is 98.6 Å². The molecule has 3 heterocycles. The Morgan fingerprint density at radius 2 is 1.90 bits per heavy atom. The number of halogens is 3. The Morgan fingerprint density at radius 3 is 2.54 bits per heavy atom. The molecule has 1 aliphatic rings. The maximum atomic E-state index is 13.5. The molecule has 0 fully saturated rings. The lowest BCUT2D eigenvalue weighted by Gasteiger charge is -2.19. The average molecular weight is 560 g/mol. The van der Waals surface area contributed by atoms with Crippen LogP contribution in [0.25, 0.3) is 11.3 Å². The number of rotatable bonds is 8. The van der Waals surface area contributed by atoms with Crippen molar-refractivity contribution >= 4 is 21.5 Å². The van der Waals surface area contributed by atoms with Gasteiger partial charge in [0.25, 0.3) is 6.01 Å². The van der Waals surface area contributed by atoms with Crippen LogP contribution < -0.4 is 14.8 Å². The van der Waals surface area contributed by atoms with Crippen LogP contribution in [0.15, 0.2) is 71.9 Å². The number of anilines is 2. The molecule has 0 spiro atoms. The molecule has 0 radical (unpaired) electrons. The average Bonchev–Trinajstić information content (AvgIpc) is 3.52. The van der Waals surface area contributed by atoms with E-state index in [1.165, 1.54) is 35.6 Å². The molecule has 2 aromatic heterocycles. The molecule has 0 aliphatic carbocycles. The highest BCUT2D eigenvalue weighted by Gasteiger charge is 2.31. The summed E-state index contributed by atoms with van der Waals surface area (Å²) in [6.07, 6.45) is -2.05. The molecule has 0 saturated heterocycles. The fourth-order valence-corrected chi connectivity index (χ4v) is 5.26. The summed E-state index contributed by atoms with van der Waals surface area (Å²) in [4.78, 5) is 8.36. The van der Waals surface area contributed by atoms with Crippen LogP contribution in [0.5, 0.6) is 11.8 Å². The zero-order valence-corrected chi connectivity index (χ0v) is 21.8. The molecule has 0 bridgehead atoms. The standard InChI is InChI=1S/C26H24F3N5O4S/c1-33(15-17-3-6-19(37-2)7-4-17)39(35,36)20-8-9-22(31-24-10-5-18(14-30-24)26(27,28)29)21(13-20)23-16-34-11-12-38-25(34)32-23/h3-10,13-14,16H,11-12,15H2,1-2H3,(H,30,31). The van der Waals surface area contributed by atoms with Crippen molar-refractivity contribution in [2.24, 2.45) is 0 Å². The first-order valence-corrected chi connectivity index (χ1v) is 13.2. The number of aromatic nitrogens is 3. The van der Waals surface area contributed by atoms with Crippen molar-refractivity contribution in [3.8, 4) is 23.0 Å². The monoisotopic (exact) mass is 559 g/mol. The van der Waals surface area contributed by atoms with Crippen molar-refractivity contribution in [1.29, 1.82) is 0 Å². The van der Waals surface area contributed by atoms with Gasteiger partial charge in [0.15, 0.2) is 0 Å². The number of sulfonamides is 1. The maximum absolute atomic E-state index is 13.5. The van der Waals surface area contributed by atoms with Crippen molar-refractivity contribution < 1.29 is 31.1 Å². The summed E-state index contributed by atoms with van der Waals surface area (Å²) in [6.45, 7) is 1.20. The van der Waals surface area contributed by atoms with Gasteiger partial charge in [-0.2, -0.15) is 22.5 Å². The van der Waals surface area contributed by atoms with Gasteiger partial charge in [-0.15, -0.1) is 0 Å². The second-order valence-electron chi connectivity index (χ2n) is 8.82. The summed E-state index contributed by atoms with van der Waals surface area (Å²) in [5.41, 5.74) is 1.17. The number of imidazole rings is 1. The third-order valence-electron chi connectivity index (χ3n) is 6.20. The highest BCUT2D eigenvalue weighted by molar-refractivity contribution is 7.89. The van der Waals surface area contributed by atoms with Crippen molar-refractivity contribution in [1.82, 2.24) is 18.8 Å². The highest BCUT2D eigenvalue weighted by atomic mass is 32.2. The van der Waals surface area contributed by atoms with Gasteiger partial charge in [-0.3, -0.25) is 4.57 Å². The second kappa shape index (κ2) is 10.2. The van der Waals surface area contributed by atoms with E-state index < -0.39 is 21.8 Å². The molecular weight excluding hydrogens is 535 g/mol. The number of ether oxygens (including phenoxy) is 2. The van der Waals surface area contributed by atoms with Crippen LogP contribution in [0.1, 0.15) is 11.1 Å². The van der Waals surface area contributed by atoms with Gasteiger partial charge in [-0.05, 0) is 48.0 Å². The fraction of sp³-hybridized carbons (Fsp3) is 0.231. The largest absolute Gasteiger partial charge is 0.497 e. The van der Waals surface area contributed by atoms with E-state index >= 15 is 0 Å². The zero-order valence-electron chi connectivity index (χ0n) is 20.9. The molecule has 2 aromatic carbocycles. The van der Waals surface area contributed by atoms with Crippen LogP contribution in [0, 0.1) is 0 Å². The summed E-state index contributed by atoms with van der Waals surface area (Å²) in [5, 5.41) is 2.98. The van der Waals surface area contributed by atoms with E-state index in [0.717, 1.165) is 17.8 Å². The third-order valence-corrected chi connectivity index (χ3v) is 8.00. The normalized spacial score (nSPS) is 13.3. The molecule has 0 amide bonds. The number of hydrogen-bond acceptors (Lipinski definition) is 7. The minimum atomic E-state index is -4.51. The summed E-state index contributed by atoms with van der Waals surface area (Å²) >= 11 is 0. The number of fused-ring (bicyclic) bond motifs is 1.